The monoisotopic (exact) mass is 451 g/mol. The van der Waals surface area contributed by atoms with Crippen molar-refractivity contribution < 1.29 is 27.4 Å². The van der Waals surface area contributed by atoms with Gasteiger partial charge < -0.3 is 14.8 Å². The number of nitrogens with zero attached hydrogens (tertiary/aromatic N) is 2. The Hall–Kier alpha value is -3.33. The molecule has 31 heavy (non-hydrogen) atoms. The van der Waals surface area contributed by atoms with E-state index in [1.165, 1.54) is 0 Å². The zero-order chi connectivity index (χ0) is 22.4. The van der Waals surface area contributed by atoms with Crippen LogP contribution in [0.2, 0.25) is 5.15 Å². The minimum absolute atomic E-state index is 0.0195. The lowest BCUT2D eigenvalue weighted by atomic mass is 10.2. The van der Waals surface area contributed by atoms with Crippen LogP contribution in [0.25, 0.3) is 0 Å². The number of hydrogen-bond acceptors (Lipinski definition) is 5. The van der Waals surface area contributed by atoms with Crippen molar-refractivity contribution in [1.82, 2.24) is 15.3 Å². The molecule has 2 aromatic heterocycles. The third-order valence-electron chi connectivity index (χ3n) is 4.05. The van der Waals surface area contributed by atoms with Crippen LogP contribution in [0.3, 0.4) is 0 Å². The molecule has 0 aliphatic rings. The lowest BCUT2D eigenvalue weighted by Crippen LogP contribution is -2.35. The highest BCUT2D eigenvalue weighted by Crippen LogP contribution is 2.30. The Balaban J connectivity index is 1.51. The molecule has 0 fully saturated rings. The number of amides is 1. The zero-order valence-corrected chi connectivity index (χ0v) is 16.9. The van der Waals surface area contributed by atoms with Gasteiger partial charge in [0.05, 0.1) is 5.56 Å². The molecule has 0 bridgehead atoms. The second-order valence-corrected chi connectivity index (χ2v) is 6.81. The summed E-state index contributed by atoms with van der Waals surface area (Å²) >= 11 is 5.72. The first kappa shape index (κ1) is 22.4. The number of alkyl halides is 3. The van der Waals surface area contributed by atoms with Crippen LogP contribution in [-0.2, 0) is 17.5 Å². The summed E-state index contributed by atoms with van der Waals surface area (Å²) in [5.74, 6) is 0.478. The first-order valence-corrected chi connectivity index (χ1v) is 9.44. The summed E-state index contributed by atoms with van der Waals surface area (Å²) < 4.78 is 48.7. The van der Waals surface area contributed by atoms with Crippen molar-refractivity contribution >= 4 is 17.5 Å². The summed E-state index contributed by atoms with van der Waals surface area (Å²) in [6.45, 7) is 1.88. The number of halogens is 4. The normalized spacial score (nSPS) is 12.2. The van der Waals surface area contributed by atoms with Crippen molar-refractivity contribution in [3.8, 4) is 17.4 Å². The van der Waals surface area contributed by atoms with Gasteiger partial charge in [0.2, 0.25) is 5.88 Å². The van der Waals surface area contributed by atoms with Crippen LogP contribution < -0.4 is 14.8 Å². The van der Waals surface area contributed by atoms with Gasteiger partial charge in [-0.05, 0) is 48.9 Å². The minimum atomic E-state index is -4.46. The van der Waals surface area contributed by atoms with Crippen LogP contribution in [0.5, 0.6) is 17.4 Å². The molecule has 0 radical (unpaired) electrons. The topological polar surface area (TPSA) is 73.3 Å². The predicted molar refractivity (Wildman–Crippen MR) is 107 cm³/mol. The highest BCUT2D eigenvalue weighted by atomic mass is 35.5. The Bertz CT molecular complexity index is 1010. The average molecular weight is 452 g/mol. The maximum atomic E-state index is 12.6. The molecule has 1 amide bonds. The zero-order valence-electron chi connectivity index (χ0n) is 16.2. The lowest BCUT2D eigenvalue weighted by molar-refractivity contribution is -0.137. The van der Waals surface area contributed by atoms with E-state index >= 15 is 0 Å². The number of pyridine rings is 2. The van der Waals surface area contributed by atoms with E-state index in [1.54, 1.807) is 49.5 Å². The number of ether oxygens (including phenoxy) is 2. The van der Waals surface area contributed by atoms with Crippen LogP contribution in [0.15, 0.2) is 60.9 Å². The van der Waals surface area contributed by atoms with Crippen LogP contribution in [0.4, 0.5) is 13.2 Å². The van der Waals surface area contributed by atoms with Gasteiger partial charge >= 0.3 is 6.18 Å². The first-order valence-electron chi connectivity index (χ1n) is 9.06. The van der Waals surface area contributed by atoms with Gasteiger partial charge in [0.15, 0.2) is 6.10 Å². The van der Waals surface area contributed by atoms with E-state index in [4.69, 9.17) is 21.1 Å². The Morgan fingerprint density at radius 2 is 1.74 bits per heavy atom. The molecule has 0 spiro atoms. The van der Waals surface area contributed by atoms with E-state index in [-0.39, 0.29) is 18.3 Å². The van der Waals surface area contributed by atoms with Gasteiger partial charge in [-0.15, -0.1) is 0 Å². The van der Waals surface area contributed by atoms with Crippen LogP contribution in [0.1, 0.15) is 18.1 Å². The van der Waals surface area contributed by atoms with Crippen LogP contribution in [-0.4, -0.2) is 22.0 Å². The Labute approximate surface area is 181 Å². The van der Waals surface area contributed by atoms with Gasteiger partial charge in [-0.25, -0.2) is 9.97 Å². The molecule has 10 heteroatoms. The number of carbonyl (C=O) groups is 1. The molecule has 3 rings (SSSR count). The van der Waals surface area contributed by atoms with Crippen molar-refractivity contribution in [3.63, 3.8) is 0 Å². The molecule has 1 N–H and O–H groups in total. The van der Waals surface area contributed by atoms with Crippen molar-refractivity contribution in [3.05, 3.63) is 77.2 Å². The second-order valence-electron chi connectivity index (χ2n) is 6.42. The Morgan fingerprint density at radius 3 is 2.32 bits per heavy atom. The Kier molecular flexibility index (Phi) is 6.96. The van der Waals surface area contributed by atoms with Gasteiger partial charge in [-0.1, -0.05) is 17.7 Å². The maximum Gasteiger partial charge on any atom is 0.417 e. The molecule has 1 atom stereocenters. The smallest absolute Gasteiger partial charge is 0.417 e. The molecule has 2 heterocycles. The standard InChI is InChI=1S/C21H17ClF3N3O3/c1-13(20(29)28-11-14-2-8-18(22)26-10-14)30-16-4-6-17(7-5-16)31-19-9-3-15(12-27-19)21(23,24)25/h2-10,12-13H,11H2,1H3,(H,28,29)/t13-/m1/s1. The molecule has 3 aromatic rings. The first-order chi connectivity index (χ1) is 14.7. The van der Waals surface area contributed by atoms with Gasteiger partial charge in [0.1, 0.15) is 16.7 Å². The minimum Gasteiger partial charge on any atom is -0.481 e. The summed E-state index contributed by atoms with van der Waals surface area (Å²) in [4.78, 5) is 19.8. The molecule has 6 nitrogen and oxygen atoms in total. The molecule has 0 saturated carbocycles. The Morgan fingerprint density at radius 1 is 1.03 bits per heavy atom. The van der Waals surface area contributed by atoms with E-state index in [1.807, 2.05) is 0 Å². The maximum absolute atomic E-state index is 12.6. The SMILES string of the molecule is C[C@@H](Oc1ccc(Oc2ccc(C(F)(F)F)cn2)cc1)C(=O)NCc1ccc(Cl)nc1. The molecule has 1 aromatic carbocycles. The van der Waals surface area contributed by atoms with Crippen molar-refractivity contribution in [2.24, 2.45) is 0 Å². The van der Waals surface area contributed by atoms with Crippen molar-refractivity contribution in [2.75, 3.05) is 0 Å². The number of carbonyl (C=O) groups excluding carboxylic acids is 1. The van der Waals surface area contributed by atoms with E-state index in [9.17, 15) is 18.0 Å². The fraction of sp³-hybridized carbons (Fsp3) is 0.190. The van der Waals surface area contributed by atoms with E-state index in [2.05, 4.69) is 15.3 Å². The molecular formula is C21H17ClF3N3O3. The summed E-state index contributed by atoms with van der Waals surface area (Å²) in [7, 11) is 0. The van der Waals surface area contributed by atoms with E-state index < -0.39 is 17.8 Å². The fourth-order valence-corrected chi connectivity index (χ4v) is 2.53. The number of nitrogens with one attached hydrogen (secondary N) is 1. The quantitative estimate of drug-likeness (QED) is 0.510. The molecule has 0 aliphatic carbocycles. The third-order valence-corrected chi connectivity index (χ3v) is 4.27. The van der Waals surface area contributed by atoms with Crippen LogP contribution >= 0.6 is 11.6 Å². The average Bonchev–Trinajstić information content (AvgIpc) is 2.74. The second kappa shape index (κ2) is 9.65. The van der Waals surface area contributed by atoms with Gasteiger partial charge in [-0.2, -0.15) is 13.2 Å². The highest BCUT2D eigenvalue weighted by molar-refractivity contribution is 6.29. The van der Waals surface area contributed by atoms with Gasteiger partial charge in [-0.3, -0.25) is 4.79 Å². The van der Waals surface area contributed by atoms with E-state index in [0.29, 0.717) is 22.8 Å². The molecule has 0 unspecified atom stereocenters. The van der Waals surface area contributed by atoms with Crippen LogP contribution in [0, 0.1) is 0 Å². The number of benzene rings is 1. The van der Waals surface area contributed by atoms with Gasteiger partial charge in [0, 0.05) is 25.0 Å². The summed E-state index contributed by atoms with van der Waals surface area (Å²) in [6, 6.07) is 11.7. The molecule has 0 saturated heterocycles. The van der Waals surface area contributed by atoms with Gasteiger partial charge in [0.25, 0.3) is 5.91 Å². The van der Waals surface area contributed by atoms with Crippen molar-refractivity contribution in [1.29, 1.82) is 0 Å². The highest BCUT2D eigenvalue weighted by Gasteiger charge is 2.30. The summed E-state index contributed by atoms with van der Waals surface area (Å²) in [5, 5.41) is 3.11. The number of hydrogen-bond donors (Lipinski definition) is 1. The summed E-state index contributed by atoms with van der Waals surface area (Å²) in [5.41, 5.74) is -0.0634. The van der Waals surface area contributed by atoms with Crippen molar-refractivity contribution in [2.45, 2.75) is 25.7 Å². The van der Waals surface area contributed by atoms with E-state index in [0.717, 1.165) is 17.7 Å². The fourth-order valence-electron chi connectivity index (χ4n) is 2.42. The number of aromatic nitrogens is 2. The molecule has 162 valence electrons. The third kappa shape index (κ3) is 6.58. The lowest BCUT2D eigenvalue weighted by Gasteiger charge is -2.15. The summed E-state index contributed by atoms with van der Waals surface area (Å²) in [6.07, 6.45) is -2.95. The number of rotatable bonds is 7. The largest absolute Gasteiger partial charge is 0.481 e. The predicted octanol–water partition coefficient (Wildman–Crippen LogP) is 5.02. The molecule has 0 aliphatic heterocycles. The molecular weight excluding hydrogens is 435 g/mol.